The van der Waals surface area contributed by atoms with Gasteiger partial charge in [0.25, 0.3) is 0 Å². The molecule has 0 aliphatic carbocycles. The van der Waals surface area contributed by atoms with Gasteiger partial charge in [0, 0.05) is 21.3 Å². The zero-order valence-corrected chi connectivity index (χ0v) is 13.1. The quantitative estimate of drug-likeness (QED) is 0.709. The van der Waals surface area contributed by atoms with Crippen LogP contribution in [0.5, 0.6) is 0 Å². The van der Waals surface area contributed by atoms with Crippen molar-refractivity contribution in [2.75, 3.05) is 0 Å². The Bertz CT molecular complexity index is 577. The van der Waals surface area contributed by atoms with Crippen molar-refractivity contribution in [2.45, 2.75) is 20.3 Å². The second-order valence-corrected chi connectivity index (χ2v) is 5.50. The van der Waals surface area contributed by atoms with Gasteiger partial charge in [-0.1, -0.05) is 30.1 Å². The lowest BCUT2D eigenvalue weighted by molar-refractivity contribution is 1.00. The molecule has 94 valence electrons. The maximum atomic E-state index is 6.16. The summed E-state index contributed by atoms with van der Waals surface area (Å²) in [7, 11) is 0. The topological polar surface area (TPSA) is 25.8 Å². The largest absolute Gasteiger partial charge is 0.233 e. The minimum Gasteiger partial charge on any atom is -0.233 e. The van der Waals surface area contributed by atoms with E-state index in [0.29, 0.717) is 16.0 Å². The van der Waals surface area contributed by atoms with Crippen molar-refractivity contribution in [1.29, 1.82) is 0 Å². The first-order valence-electron chi connectivity index (χ1n) is 5.51. The van der Waals surface area contributed by atoms with Crippen LogP contribution in [-0.4, -0.2) is 9.97 Å². The molecule has 1 aromatic carbocycles. The maximum absolute atomic E-state index is 6.16. The summed E-state index contributed by atoms with van der Waals surface area (Å²) in [6.07, 6.45) is 0.825. The molecule has 0 radical (unpaired) electrons. The van der Waals surface area contributed by atoms with Crippen molar-refractivity contribution in [1.82, 2.24) is 9.97 Å². The van der Waals surface area contributed by atoms with Gasteiger partial charge in [0.05, 0.1) is 5.02 Å². The van der Waals surface area contributed by atoms with E-state index in [1.165, 1.54) is 0 Å². The summed E-state index contributed by atoms with van der Waals surface area (Å²) in [5.74, 6) is 0.601. The fourth-order valence-electron chi connectivity index (χ4n) is 1.73. The SMILES string of the molecule is CCc1c(C)nc(-c2ccc(Br)c(Cl)c2)nc1Cl. The van der Waals surface area contributed by atoms with Gasteiger partial charge >= 0.3 is 0 Å². The number of rotatable bonds is 2. The highest BCUT2D eigenvalue weighted by molar-refractivity contribution is 9.10. The summed E-state index contributed by atoms with van der Waals surface area (Å²) in [6, 6.07) is 5.60. The van der Waals surface area contributed by atoms with Crippen LogP contribution in [0.15, 0.2) is 22.7 Å². The molecule has 18 heavy (non-hydrogen) atoms. The number of aromatic nitrogens is 2. The zero-order chi connectivity index (χ0) is 13.3. The molecule has 0 atom stereocenters. The van der Waals surface area contributed by atoms with Crippen LogP contribution in [0, 0.1) is 6.92 Å². The van der Waals surface area contributed by atoms with E-state index in [0.717, 1.165) is 27.7 Å². The number of benzene rings is 1. The molecule has 2 rings (SSSR count). The Labute approximate surface area is 124 Å². The van der Waals surface area contributed by atoms with Crippen molar-refractivity contribution < 1.29 is 0 Å². The molecule has 2 aromatic rings. The molecule has 0 spiro atoms. The van der Waals surface area contributed by atoms with Crippen LogP contribution in [0.3, 0.4) is 0 Å². The van der Waals surface area contributed by atoms with Gasteiger partial charge in [-0.2, -0.15) is 0 Å². The van der Waals surface area contributed by atoms with Gasteiger partial charge in [-0.3, -0.25) is 0 Å². The summed E-state index contributed by atoms with van der Waals surface area (Å²) >= 11 is 15.6. The van der Waals surface area contributed by atoms with Crippen LogP contribution in [0.25, 0.3) is 11.4 Å². The third kappa shape index (κ3) is 2.68. The molecule has 0 N–H and O–H groups in total. The Balaban J connectivity index is 2.54. The van der Waals surface area contributed by atoms with Crippen molar-refractivity contribution >= 4 is 39.1 Å². The normalized spacial score (nSPS) is 10.7. The molecular formula is C13H11BrCl2N2. The molecule has 5 heteroatoms. The summed E-state index contributed by atoms with van der Waals surface area (Å²) in [6.45, 7) is 3.98. The monoisotopic (exact) mass is 344 g/mol. The van der Waals surface area contributed by atoms with E-state index in [4.69, 9.17) is 23.2 Å². The first-order valence-corrected chi connectivity index (χ1v) is 7.06. The first-order chi connectivity index (χ1) is 8.52. The van der Waals surface area contributed by atoms with E-state index in [2.05, 4.69) is 25.9 Å². The van der Waals surface area contributed by atoms with Crippen LogP contribution >= 0.6 is 39.1 Å². The van der Waals surface area contributed by atoms with E-state index in [-0.39, 0.29) is 0 Å². The van der Waals surface area contributed by atoms with E-state index in [9.17, 15) is 0 Å². The molecular weight excluding hydrogens is 335 g/mol. The molecule has 0 aliphatic heterocycles. The Kier molecular flexibility index (Phi) is 4.25. The predicted octanol–water partition coefficient (Wildman–Crippen LogP) is 5.08. The molecule has 0 saturated carbocycles. The number of hydrogen-bond donors (Lipinski definition) is 0. The third-order valence-corrected chi connectivity index (χ3v) is 4.24. The first kappa shape index (κ1) is 13.8. The summed E-state index contributed by atoms with van der Waals surface area (Å²) in [5, 5.41) is 1.14. The number of nitrogens with zero attached hydrogens (tertiary/aromatic N) is 2. The predicted molar refractivity (Wildman–Crippen MR) is 79.3 cm³/mol. The van der Waals surface area contributed by atoms with Gasteiger partial charge in [0.15, 0.2) is 5.82 Å². The Morgan fingerprint density at radius 1 is 1.22 bits per heavy atom. The summed E-state index contributed by atoms with van der Waals surface area (Å²) in [4.78, 5) is 8.80. The number of aryl methyl sites for hydroxylation is 1. The molecule has 0 amide bonds. The van der Waals surface area contributed by atoms with Crippen molar-refractivity contribution in [3.05, 3.63) is 44.1 Å². The third-order valence-electron chi connectivity index (χ3n) is 2.69. The fourth-order valence-corrected chi connectivity index (χ4v) is 2.50. The van der Waals surface area contributed by atoms with E-state index >= 15 is 0 Å². The molecule has 0 aliphatic rings. The average molecular weight is 346 g/mol. The van der Waals surface area contributed by atoms with Crippen molar-refractivity contribution in [3.8, 4) is 11.4 Å². The molecule has 0 fully saturated rings. The van der Waals surface area contributed by atoms with Crippen LogP contribution in [0.2, 0.25) is 10.2 Å². The molecule has 0 saturated heterocycles. The van der Waals surface area contributed by atoms with Crippen molar-refractivity contribution in [2.24, 2.45) is 0 Å². The smallest absolute Gasteiger partial charge is 0.161 e. The van der Waals surface area contributed by atoms with Crippen LogP contribution < -0.4 is 0 Å². The lowest BCUT2D eigenvalue weighted by atomic mass is 10.1. The minimum absolute atomic E-state index is 0.513. The van der Waals surface area contributed by atoms with E-state index in [1.807, 2.05) is 32.0 Å². The standard InChI is InChI=1S/C13H11BrCl2N2/c1-3-9-7(2)17-13(18-12(9)16)8-4-5-10(14)11(15)6-8/h4-6H,3H2,1-2H3. The van der Waals surface area contributed by atoms with Gasteiger partial charge in [-0.25, -0.2) is 9.97 Å². The van der Waals surface area contributed by atoms with Crippen LogP contribution in [0.1, 0.15) is 18.2 Å². The van der Waals surface area contributed by atoms with Gasteiger partial charge in [0.1, 0.15) is 5.15 Å². The maximum Gasteiger partial charge on any atom is 0.161 e. The Hall–Kier alpha value is -0.640. The average Bonchev–Trinajstić information content (AvgIpc) is 2.32. The molecule has 0 bridgehead atoms. The second-order valence-electron chi connectivity index (χ2n) is 3.88. The fraction of sp³-hybridized carbons (Fsp3) is 0.231. The summed E-state index contributed by atoms with van der Waals surface area (Å²) in [5.41, 5.74) is 2.76. The lowest BCUT2D eigenvalue weighted by Crippen LogP contribution is -1.99. The van der Waals surface area contributed by atoms with Crippen LogP contribution in [0.4, 0.5) is 0 Å². The van der Waals surface area contributed by atoms with E-state index in [1.54, 1.807) is 0 Å². The van der Waals surface area contributed by atoms with Gasteiger partial charge in [-0.05, 0) is 47.5 Å². The molecule has 0 unspecified atom stereocenters. The lowest BCUT2D eigenvalue weighted by Gasteiger charge is -2.08. The Morgan fingerprint density at radius 2 is 1.94 bits per heavy atom. The van der Waals surface area contributed by atoms with E-state index < -0.39 is 0 Å². The second kappa shape index (κ2) is 5.55. The minimum atomic E-state index is 0.513. The highest BCUT2D eigenvalue weighted by Crippen LogP contribution is 2.28. The van der Waals surface area contributed by atoms with Gasteiger partial charge in [-0.15, -0.1) is 0 Å². The number of hydrogen-bond acceptors (Lipinski definition) is 2. The van der Waals surface area contributed by atoms with Gasteiger partial charge < -0.3 is 0 Å². The molecule has 2 nitrogen and oxygen atoms in total. The van der Waals surface area contributed by atoms with Crippen molar-refractivity contribution in [3.63, 3.8) is 0 Å². The highest BCUT2D eigenvalue weighted by Gasteiger charge is 2.10. The van der Waals surface area contributed by atoms with Gasteiger partial charge in [0.2, 0.25) is 0 Å². The number of halogens is 3. The van der Waals surface area contributed by atoms with Crippen LogP contribution in [-0.2, 0) is 6.42 Å². The highest BCUT2D eigenvalue weighted by atomic mass is 79.9. The zero-order valence-electron chi connectivity index (χ0n) is 9.97. The Morgan fingerprint density at radius 3 is 2.50 bits per heavy atom. The summed E-state index contributed by atoms with van der Waals surface area (Å²) < 4.78 is 0.848. The molecule has 1 aromatic heterocycles. The molecule has 1 heterocycles.